The molecule has 0 radical (unpaired) electrons. The molecule has 0 fully saturated rings. The zero-order chi connectivity index (χ0) is 10.1. The Kier molecular flexibility index (Phi) is 2.63. The van der Waals surface area contributed by atoms with Gasteiger partial charge in [-0.1, -0.05) is 17.7 Å². The molecular formula is C11H12ClN. The van der Waals surface area contributed by atoms with Crippen LogP contribution in [-0.2, 0) is 5.41 Å². The standard InChI is InChI=1S/C11H12ClN/c1-8-6-9(12)4-5-10(8)11(2,3)7-13/h4-6H,1-3H3. The van der Waals surface area contributed by atoms with Gasteiger partial charge in [-0.25, -0.2) is 0 Å². The van der Waals surface area contributed by atoms with Crippen LogP contribution in [0.15, 0.2) is 18.2 Å². The average molecular weight is 194 g/mol. The Labute approximate surface area is 84.0 Å². The van der Waals surface area contributed by atoms with E-state index in [1.165, 1.54) is 0 Å². The van der Waals surface area contributed by atoms with Gasteiger partial charge in [-0.3, -0.25) is 0 Å². The van der Waals surface area contributed by atoms with Crippen molar-refractivity contribution in [3.8, 4) is 6.07 Å². The van der Waals surface area contributed by atoms with Gasteiger partial charge in [-0.05, 0) is 44.0 Å². The van der Waals surface area contributed by atoms with E-state index < -0.39 is 5.41 Å². The molecule has 0 aromatic heterocycles. The van der Waals surface area contributed by atoms with Crippen LogP contribution in [0.25, 0.3) is 0 Å². The molecule has 0 unspecified atom stereocenters. The van der Waals surface area contributed by atoms with E-state index in [1.807, 2.05) is 39.0 Å². The lowest BCUT2D eigenvalue weighted by atomic mass is 9.84. The van der Waals surface area contributed by atoms with E-state index in [4.69, 9.17) is 16.9 Å². The van der Waals surface area contributed by atoms with Gasteiger partial charge in [0.2, 0.25) is 0 Å². The highest BCUT2D eigenvalue weighted by atomic mass is 35.5. The molecule has 0 spiro atoms. The third kappa shape index (κ3) is 2.02. The lowest BCUT2D eigenvalue weighted by Crippen LogP contribution is -2.15. The molecule has 0 aliphatic rings. The van der Waals surface area contributed by atoms with Gasteiger partial charge in [-0.15, -0.1) is 0 Å². The normalized spacial score (nSPS) is 11.0. The molecule has 1 aromatic carbocycles. The van der Waals surface area contributed by atoms with Gasteiger partial charge >= 0.3 is 0 Å². The van der Waals surface area contributed by atoms with Gasteiger partial charge in [0.15, 0.2) is 0 Å². The molecule has 68 valence electrons. The van der Waals surface area contributed by atoms with Gasteiger partial charge in [0, 0.05) is 5.02 Å². The van der Waals surface area contributed by atoms with E-state index in [2.05, 4.69) is 6.07 Å². The monoisotopic (exact) mass is 193 g/mol. The van der Waals surface area contributed by atoms with Crippen molar-refractivity contribution in [3.05, 3.63) is 34.3 Å². The number of halogens is 1. The van der Waals surface area contributed by atoms with Crippen LogP contribution in [0.1, 0.15) is 25.0 Å². The second-order valence-electron chi connectivity index (χ2n) is 3.70. The minimum atomic E-state index is -0.436. The Hall–Kier alpha value is -1.00. The highest BCUT2D eigenvalue weighted by Crippen LogP contribution is 2.27. The molecule has 0 aliphatic heterocycles. The fourth-order valence-electron chi connectivity index (χ4n) is 1.39. The quantitative estimate of drug-likeness (QED) is 0.670. The first kappa shape index (κ1) is 10.1. The third-order valence-corrected chi connectivity index (χ3v) is 2.38. The highest BCUT2D eigenvalue weighted by Gasteiger charge is 2.21. The largest absolute Gasteiger partial charge is 0.197 e. The van der Waals surface area contributed by atoms with Gasteiger partial charge in [-0.2, -0.15) is 5.26 Å². The molecule has 0 aliphatic carbocycles. The SMILES string of the molecule is Cc1cc(Cl)ccc1C(C)(C)C#N. The van der Waals surface area contributed by atoms with Gasteiger partial charge in [0.05, 0.1) is 11.5 Å². The molecule has 1 aromatic rings. The summed E-state index contributed by atoms with van der Waals surface area (Å²) in [5.41, 5.74) is 1.67. The van der Waals surface area contributed by atoms with Gasteiger partial charge < -0.3 is 0 Å². The molecule has 0 saturated carbocycles. The highest BCUT2D eigenvalue weighted by molar-refractivity contribution is 6.30. The van der Waals surface area contributed by atoms with Crippen molar-refractivity contribution in [2.75, 3.05) is 0 Å². The van der Waals surface area contributed by atoms with Crippen molar-refractivity contribution in [1.29, 1.82) is 5.26 Å². The molecule has 0 N–H and O–H groups in total. The minimum absolute atomic E-state index is 0.436. The molecular weight excluding hydrogens is 182 g/mol. The minimum Gasteiger partial charge on any atom is -0.197 e. The zero-order valence-electron chi connectivity index (χ0n) is 8.06. The predicted molar refractivity (Wildman–Crippen MR) is 54.8 cm³/mol. The lowest BCUT2D eigenvalue weighted by Gasteiger charge is -2.18. The summed E-state index contributed by atoms with van der Waals surface area (Å²) in [6.07, 6.45) is 0. The Balaban J connectivity index is 3.26. The van der Waals surface area contributed by atoms with Crippen molar-refractivity contribution >= 4 is 11.6 Å². The Bertz CT molecular complexity index is 361. The van der Waals surface area contributed by atoms with Crippen LogP contribution in [0.4, 0.5) is 0 Å². The van der Waals surface area contributed by atoms with Crippen molar-refractivity contribution < 1.29 is 0 Å². The number of nitrogens with zero attached hydrogens (tertiary/aromatic N) is 1. The van der Waals surface area contributed by atoms with Crippen LogP contribution < -0.4 is 0 Å². The zero-order valence-corrected chi connectivity index (χ0v) is 8.81. The summed E-state index contributed by atoms with van der Waals surface area (Å²) in [5.74, 6) is 0. The van der Waals surface area contributed by atoms with E-state index in [0.29, 0.717) is 0 Å². The van der Waals surface area contributed by atoms with Crippen molar-refractivity contribution in [3.63, 3.8) is 0 Å². The molecule has 2 heteroatoms. The molecule has 13 heavy (non-hydrogen) atoms. The fraction of sp³-hybridized carbons (Fsp3) is 0.364. The van der Waals surface area contributed by atoms with Gasteiger partial charge in [0.1, 0.15) is 0 Å². The van der Waals surface area contributed by atoms with Crippen molar-refractivity contribution in [2.24, 2.45) is 0 Å². The first-order chi connectivity index (χ1) is 5.97. The number of hydrogen-bond donors (Lipinski definition) is 0. The van der Waals surface area contributed by atoms with Crippen LogP contribution in [-0.4, -0.2) is 0 Å². The second-order valence-corrected chi connectivity index (χ2v) is 4.13. The van der Waals surface area contributed by atoms with E-state index in [1.54, 1.807) is 0 Å². The molecule has 0 amide bonds. The van der Waals surface area contributed by atoms with Crippen LogP contribution in [0, 0.1) is 18.3 Å². The first-order valence-corrected chi connectivity index (χ1v) is 4.53. The number of nitriles is 1. The molecule has 0 heterocycles. The molecule has 0 atom stereocenters. The third-order valence-electron chi connectivity index (χ3n) is 2.14. The number of aryl methyl sites for hydroxylation is 1. The van der Waals surface area contributed by atoms with Gasteiger partial charge in [0.25, 0.3) is 0 Å². The molecule has 0 saturated heterocycles. The summed E-state index contributed by atoms with van der Waals surface area (Å²) in [4.78, 5) is 0. The van der Waals surface area contributed by atoms with E-state index >= 15 is 0 Å². The van der Waals surface area contributed by atoms with Crippen LogP contribution in [0.5, 0.6) is 0 Å². The summed E-state index contributed by atoms with van der Waals surface area (Å²) in [5, 5.41) is 9.68. The van der Waals surface area contributed by atoms with E-state index in [-0.39, 0.29) is 0 Å². The maximum atomic E-state index is 8.96. The number of benzene rings is 1. The Morgan fingerprint density at radius 2 is 2.00 bits per heavy atom. The Morgan fingerprint density at radius 1 is 1.38 bits per heavy atom. The van der Waals surface area contributed by atoms with Crippen LogP contribution in [0.3, 0.4) is 0 Å². The van der Waals surface area contributed by atoms with E-state index in [0.717, 1.165) is 16.1 Å². The molecule has 0 bridgehead atoms. The summed E-state index contributed by atoms with van der Waals surface area (Å²) >= 11 is 5.83. The number of rotatable bonds is 1. The van der Waals surface area contributed by atoms with Crippen molar-refractivity contribution in [2.45, 2.75) is 26.2 Å². The summed E-state index contributed by atoms with van der Waals surface area (Å²) in [6, 6.07) is 7.90. The summed E-state index contributed by atoms with van der Waals surface area (Å²) < 4.78 is 0. The molecule has 1 nitrogen and oxygen atoms in total. The first-order valence-electron chi connectivity index (χ1n) is 4.15. The summed E-state index contributed by atoms with van der Waals surface area (Å²) in [6.45, 7) is 5.78. The average Bonchev–Trinajstić information content (AvgIpc) is 2.03. The fourth-order valence-corrected chi connectivity index (χ4v) is 1.62. The smallest absolute Gasteiger partial charge is 0.0768 e. The van der Waals surface area contributed by atoms with E-state index in [9.17, 15) is 0 Å². The van der Waals surface area contributed by atoms with Crippen LogP contribution >= 0.6 is 11.6 Å². The maximum absolute atomic E-state index is 8.96. The lowest BCUT2D eigenvalue weighted by molar-refractivity contribution is 0.681. The van der Waals surface area contributed by atoms with Crippen LogP contribution in [0.2, 0.25) is 5.02 Å². The Morgan fingerprint density at radius 3 is 2.46 bits per heavy atom. The topological polar surface area (TPSA) is 23.8 Å². The number of hydrogen-bond acceptors (Lipinski definition) is 1. The summed E-state index contributed by atoms with van der Waals surface area (Å²) in [7, 11) is 0. The molecule has 1 rings (SSSR count). The maximum Gasteiger partial charge on any atom is 0.0768 e. The second kappa shape index (κ2) is 3.40. The predicted octanol–water partition coefficient (Wildman–Crippen LogP) is 3.45. The van der Waals surface area contributed by atoms with Crippen molar-refractivity contribution in [1.82, 2.24) is 0 Å².